The van der Waals surface area contributed by atoms with Gasteiger partial charge in [-0.3, -0.25) is 4.72 Å². The molecule has 0 aromatic heterocycles. The molecule has 3 rings (SSSR count). The van der Waals surface area contributed by atoms with Crippen LogP contribution in [-0.2, 0) is 16.4 Å². The molecule has 0 saturated carbocycles. The number of nitrogens with zero attached hydrogens (tertiary/aromatic N) is 2. The van der Waals surface area contributed by atoms with Crippen LogP contribution in [0.5, 0.6) is 0 Å². The van der Waals surface area contributed by atoms with Crippen LogP contribution < -0.4 is 9.62 Å². The summed E-state index contributed by atoms with van der Waals surface area (Å²) < 4.78 is 27.5. The molecule has 0 bridgehead atoms. The molecule has 1 N–H and O–H groups in total. The van der Waals surface area contributed by atoms with Gasteiger partial charge in [0.1, 0.15) is 11.0 Å². The summed E-state index contributed by atoms with van der Waals surface area (Å²) >= 11 is 0. The van der Waals surface area contributed by atoms with Crippen molar-refractivity contribution in [1.29, 1.82) is 5.26 Å². The minimum absolute atomic E-state index is 0.00452. The number of nitriles is 1. The normalized spacial score (nSPS) is 13.5. The molecule has 5 nitrogen and oxygen atoms in total. The zero-order valence-electron chi connectivity index (χ0n) is 12.1. The van der Waals surface area contributed by atoms with Gasteiger partial charge in [-0.1, -0.05) is 12.1 Å². The number of nitrogens with one attached hydrogen (secondary N) is 1. The van der Waals surface area contributed by atoms with Crippen molar-refractivity contribution in [3.8, 4) is 6.07 Å². The largest absolute Gasteiger partial charge is 0.374 e. The molecule has 2 aromatic rings. The fourth-order valence-corrected chi connectivity index (χ4v) is 3.84. The van der Waals surface area contributed by atoms with Gasteiger partial charge in [-0.25, -0.2) is 8.42 Å². The number of sulfonamides is 1. The molecule has 1 aliphatic rings. The molecule has 0 aliphatic carbocycles. The van der Waals surface area contributed by atoms with Gasteiger partial charge in [0.05, 0.1) is 5.56 Å². The monoisotopic (exact) mass is 313 g/mol. The second-order valence-corrected chi connectivity index (χ2v) is 6.88. The van der Waals surface area contributed by atoms with E-state index in [4.69, 9.17) is 5.26 Å². The van der Waals surface area contributed by atoms with Crippen LogP contribution in [0.4, 0.5) is 11.4 Å². The van der Waals surface area contributed by atoms with Crippen LogP contribution in [0.15, 0.2) is 47.4 Å². The number of fused-ring (bicyclic) bond motifs is 1. The first-order valence-electron chi connectivity index (χ1n) is 6.87. The predicted molar refractivity (Wildman–Crippen MR) is 85.4 cm³/mol. The number of benzene rings is 2. The SMILES string of the molecule is CN1CCc2cc(NS(=O)(=O)c3ccccc3C#N)ccc21. The first kappa shape index (κ1) is 14.4. The van der Waals surface area contributed by atoms with E-state index in [9.17, 15) is 8.42 Å². The molecule has 0 spiro atoms. The van der Waals surface area contributed by atoms with Gasteiger partial charge >= 0.3 is 0 Å². The summed E-state index contributed by atoms with van der Waals surface area (Å²) in [5.41, 5.74) is 2.90. The fourth-order valence-electron chi connectivity index (χ4n) is 2.63. The van der Waals surface area contributed by atoms with Crippen molar-refractivity contribution < 1.29 is 8.42 Å². The van der Waals surface area contributed by atoms with Crippen molar-refractivity contribution in [3.63, 3.8) is 0 Å². The van der Waals surface area contributed by atoms with Crippen LogP contribution >= 0.6 is 0 Å². The second kappa shape index (κ2) is 5.35. The minimum atomic E-state index is -3.77. The topological polar surface area (TPSA) is 73.2 Å². The fraction of sp³-hybridized carbons (Fsp3) is 0.188. The van der Waals surface area contributed by atoms with Crippen LogP contribution in [0.3, 0.4) is 0 Å². The van der Waals surface area contributed by atoms with Crippen LogP contribution in [-0.4, -0.2) is 22.0 Å². The highest BCUT2D eigenvalue weighted by atomic mass is 32.2. The van der Waals surface area contributed by atoms with Crippen molar-refractivity contribution in [2.75, 3.05) is 23.2 Å². The Morgan fingerprint density at radius 2 is 2.00 bits per heavy atom. The molecular formula is C16H15N3O2S. The summed E-state index contributed by atoms with van der Waals surface area (Å²) in [7, 11) is -1.76. The Kier molecular flexibility index (Phi) is 3.51. The van der Waals surface area contributed by atoms with Crippen molar-refractivity contribution in [3.05, 3.63) is 53.6 Å². The summed E-state index contributed by atoms with van der Waals surface area (Å²) in [6.07, 6.45) is 0.899. The van der Waals surface area contributed by atoms with Crippen molar-refractivity contribution in [2.45, 2.75) is 11.3 Å². The molecule has 0 atom stereocenters. The summed E-state index contributed by atoms with van der Waals surface area (Å²) in [4.78, 5) is 2.13. The van der Waals surface area contributed by atoms with E-state index >= 15 is 0 Å². The van der Waals surface area contributed by atoms with Gasteiger partial charge < -0.3 is 4.90 Å². The maximum absolute atomic E-state index is 12.5. The van der Waals surface area contributed by atoms with Gasteiger partial charge in [0.2, 0.25) is 0 Å². The molecule has 0 amide bonds. The molecule has 1 aliphatic heterocycles. The van der Waals surface area contributed by atoms with Gasteiger partial charge in [-0.15, -0.1) is 0 Å². The molecule has 2 aromatic carbocycles. The van der Waals surface area contributed by atoms with Gasteiger partial charge in [0, 0.05) is 25.0 Å². The van der Waals surface area contributed by atoms with E-state index in [1.165, 1.54) is 12.1 Å². The smallest absolute Gasteiger partial charge is 0.263 e. The lowest BCUT2D eigenvalue weighted by Crippen LogP contribution is -2.14. The summed E-state index contributed by atoms with van der Waals surface area (Å²) in [5, 5.41) is 9.06. The Bertz CT molecular complexity index is 869. The third kappa shape index (κ3) is 2.51. The van der Waals surface area contributed by atoms with Crippen LogP contribution in [0.2, 0.25) is 0 Å². The third-order valence-electron chi connectivity index (χ3n) is 3.76. The molecule has 0 radical (unpaired) electrons. The van der Waals surface area contributed by atoms with E-state index in [-0.39, 0.29) is 10.5 Å². The number of likely N-dealkylation sites (N-methyl/N-ethyl adjacent to an activating group) is 1. The Morgan fingerprint density at radius 1 is 1.23 bits per heavy atom. The van der Waals surface area contributed by atoms with E-state index < -0.39 is 10.0 Å². The number of anilines is 2. The molecule has 0 saturated heterocycles. The number of hydrogen-bond donors (Lipinski definition) is 1. The Balaban J connectivity index is 1.94. The summed E-state index contributed by atoms with van der Waals surface area (Å²) in [6, 6.07) is 13.6. The standard InChI is InChI=1S/C16H15N3O2S/c1-19-9-8-12-10-14(6-7-15(12)19)18-22(20,21)16-5-3-2-4-13(16)11-17/h2-7,10,18H,8-9H2,1H3. The maximum Gasteiger partial charge on any atom is 0.263 e. The highest BCUT2D eigenvalue weighted by molar-refractivity contribution is 7.92. The Hall–Kier alpha value is -2.52. The zero-order valence-corrected chi connectivity index (χ0v) is 12.9. The van der Waals surface area contributed by atoms with Crippen LogP contribution in [0.1, 0.15) is 11.1 Å². The summed E-state index contributed by atoms with van der Waals surface area (Å²) in [6.45, 7) is 0.933. The van der Waals surface area contributed by atoms with Crippen molar-refractivity contribution in [1.82, 2.24) is 0 Å². The molecular weight excluding hydrogens is 298 g/mol. The molecule has 22 heavy (non-hydrogen) atoms. The second-order valence-electron chi connectivity index (χ2n) is 5.23. The molecule has 112 valence electrons. The average molecular weight is 313 g/mol. The van der Waals surface area contributed by atoms with E-state index in [2.05, 4.69) is 9.62 Å². The highest BCUT2D eigenvalue weighted by Crippen LogP contribution is 2.30. The molecule has 1 heterocycles. The first-order valence-corrected chi connectivity index (χ1v) is 8.35. The van der Waals surface area contributed by atoms with Gasteiger partial charge in [0.15, 0.2) is 0 Å². The van der Waals surface area contributed by atoms with Gasteiger partial charge in [-0.2, -0.15) is 5.26 Å². The lowest BCUT2D eigenvalue weighted by molar-refractivity contribution is 0.601. The van der Waals surface area contributed by atoms with E-state index in [0.29, 0.717) is 5.69 Å². The van der Waals surface area contributed by atoms with Crippen LogP contribution in [0, 0.1) is 11.3 Å². The lowest BCUT2D eigenvalue weighted by Gasteiger charge is -2.13. The highest BCUT2D eigenvalue weighted by Gasteiger charge is 2.20. The first-order chi connectivity index (χ1) is 10.5. The van der Waals surface area contributed by atoms with Gasteiger partial charge in [-0.05, 0) is 42.3 Å². The molecule has 0 unspecified atom stereocenters. The average Bonchev–Trinajstić information content (AvgIpc) is 2.87. The van der Waals surface area contributed by atoms with Gasteiger partial charge in [0.25, 0.3) is 10.0 Å². The third-order valence-corrected chi connectivity index (χ3v) is 5.20. The number of rotatable bonds is 3. The maximum atomic E-state index is 12.5. The molecule has 0 fully saturated rings. The van der Waals surface area contributed by atoms with E-state index in [0.717, 1.165) is 24.2 Å². The number of hydrogen-bond acceptors (Lipinski definition) is 4. The quantitative estimate of drug-likeness (QED) is 0.944. The summed E-state index contributed by atoms with van der Waals surface area (Å²) in [5.74, 6) is 0. The minimum Gasteiger partial charge on any atom is -0.374 e. The predicted octanol–water partition coefficient (Wildman–Crippen LogP) is 2.35. The zero-order chi connectivity index (χ0) is 15.7. The Labute approximate surface area is 129 Å². The van der Waals surface area contributed by atoms with E-state index in [1.54, 1.807) is 18.2 Å². The van der Waals surface area contributed by atoms with E-state index in [1.807, 2.05) is 25.2 Å². The van der Waals surface area contributed by atoms with Crippen molar-refractivity contribution >= 4 is 21.4 Å². The van der Waals surface area contributed by atoms with Crippen molar-refractivity contribution in [2.24, 2.45) is 0 Å². The van der Waals surface area contributed by atoms with Crippen LogP contribution in [0.25, 0.3) is 0 Å². The Morgan fingerprint density at radius 3 is 2.77 bits per heavy atom. The molecule has 6 heteroatoms. The lowest BCUT2D eigenvalue weighted by atomic mass is 10.1.